The molecule has 2 aliphatic heterocycles. The topological polar surface area (TPSA) is 82.7 Å². The van der Waals surface area contributed by atoms with E-state index in [4.69, 9.17) is 4.74 Å². The molecule has 0 spiro atoms. The Bertz CT molecular complexity index is 1090. The molecule has 1 aromatic rings. The molecule has 3 aliphatic rings. The lowest BCUT2D eigenvalue weighted by molar-refractivity contribution is 0.0651. The summed E-state index contributed by atoms with van der Waals surface area (Å²) in [5.41, 5.74) is 2.11. The van der Waals surface area contributed by atoms with Gasteiger partial charge < -0.3 is 25.6 Å². The van der Waals surface area contributed by atoms with Gasteiger partial charge in [-0.1, -0.05) is 59.8 Å². The van der Waals surface area contributed by atoms with Gasteiger partial charge in [-0.2, -0.15) is 0 Å². The van der Waals surface area contributed by atoms with Gasteiger partial charge in [0.25, 0.3) is 11.8 Å². The lowest BCUT2D eigenvalue weighted by atomic mass is 9.71. The number of amides is 2. The van der Waals surface area contributed by atoms with E-state index in [1.807, 2.05) is 26.2 Å². The minimum absolute atomic E-state index is 0.00689. The highest BCUT2D eigenvalue weighted by Gasteiger charge is 2.39. The summed E-state index contributed by atoms with van der Waals surface area (Å²) in [5.74, 6) is 1.19. The van der Waals surface area contributed by atoms with Crippen LogP contribution in [0.5, 0.6) is 5.75 Å². The van der Waals surface area contributed by atoms with Crippen molar-refractivity contribution < 1.29 is 14.3 Å². The van der Waals surface area contributed by atoms with Crippen molar-refractivity contribution in [1.29, 1.82) is 0 Å². The molecule has 0 radical (unpaired) electrons. The quantitative estimate of drug-likeness (QED) is 0.310. The maximum atomic E-state index is 14.6. The van der Waals surface area contributed by atoms with Crippen molar-refractivity contribution in [2.75, 3.05) is 33.8 Å². The van der Waals surface area contributed by atoms with E-state index in [1.54, 1.807) is 0 Å². The number of likely N-dealkylation sites (N-methyl/N-ethyl adjacent to an activating group) is 2. The number of carbonyl (C=O) groups excluding carboxylic acids is 2. The number of rotatable bonds is 9. The molecule has 3 N–H and O–H groups in total. The van der Waals surface area contributed by atoms with Gasteiger partial charge in [0.2, 0.25) is 0 Å². The molecular weight excluding hydrogens is 536 g/mol. The fraction of sp³-hybridized carbons (Fsp3) is 0.778. The number of hydrogen-bond donors (Lipinski definition) is 3. The van der Waals surface area contributed by atoms with E-state index >= 15 is 0 Å². The summed E-state index contributed by atoms with van der Waals surface area (Å²) >= 11 is 0. The van der Waals surface area contributed by atoms with Crippen LogP contribution in [0.25, 0.3) is 0 Å². The fourth-order valence-corrected chi connectivity index (χ4v) is 8.38. The first kappa shape index (κ1) is 33.8. The van der Waals surface area contributed by atoms with Crippen molar-refractivity contribution in [3.63, 3.8) is 0 Å². The molecule has 242 valence electrons. The van der Waals surface area contributed by atoms with Gasteiger partial charge in [-0.25, -0.2) is 0 Å². The zero-order valence-corrected chi connectivity index (χ0v) is 28.2. The Hall–Kier alpha value is -2.12. The maximum absolute atomic E-state index is 14.6. The SMILES string of the molecule is CNC[C@H](C[C@H](C)NC(=O)c1cc2c(c(C(=O)N3CCCC3C3CCCCCCC3)c1)OCC(C)(C)CC(C)(C)C2)NC. The summed E-state index contributed by atoms with van der Waals surface area (Å²) < 4.78 is 6.58. The van der Waals surface area contributed by atoms with Crippen molar-refractivity contribution >= 4 is 11.8 Å². The predicted octanol–water partition coefficient (Wildman–Crippen LogP) is 6.34. The molecule has 1 saturated carbocycles. The Morgan fingerprint density at radius 1 is 0.977 bits per heavy atom. The fourth-order valence-electron chi connectivity index (χ4n) is 8.38. The summed E-state index contributed by atoms with van der Waals surface area (Å²) in [7, 11) is 3.89. The highest BCUT2D eigenvalue weighted by atomic mass is 16.5. The lowest BCUT2D eigenvalue weighted by Crippen LogP contribution is -2.43. The molecule has 2 heterocycles. The number of ether oxygens (including phenoxy) is 1. The maximum Gasteiger partial charge on any atom is 0.257 e. The van der Waals surface area contributed by atoms with E-state index < -0.39 is 0 Å². The van der Waals surface area contributed by atoms with E-state index in [-0.39, 0.29) is 40.8 Å². The highest BCUT2D eigenvalue weighted by molar-refractivity contribution is 6.02. The van der Waals surface area contributed by atoms with E-state index in [1.165, 1.54) is 44.9 Å². The highest BCUT2D eigenvalue weighted by Crippen LogP contribution is 2.43. The van der Waals surface area contributed by atoms with Crippen molar-refractivity contribution in [2.45, 2.75) is 130 Å². The van der Waals surface area contributed by atoms with Crippen LogP contribution >= 0.6 is 0 Å². The van der Waals surface area contributed by atoms with Gasteiger partial charge >= 0.3 is 0 Å². The number of fused-ring (bicyclic) bond motifs is 1. The molecule has 0 bridgehead atoms. The Balaban J connectivity index is 1.68. The Morgan fingerprint density at radius 2 is 1.67 bits per heavy atom. The largest absolute Gasteiger partial charge is 0.492 e. The molecule has 0 aromatic heterocycles. The van der Waals surface area contributed by atoms with Crippen LogP contribution in [-0.4, -0.2) is 68.6 Å². The van der Waals surface area contributed by atoms with Crippen LogP contribution in [0.2, 0.25) is 0 Å². The van der Waals surface area contributed by atoms with Crippen LogP contribution in [0.3, 0.4) is 0 Å². The van der Waals surface area contributed by atoms with E-state index in [0.717, 1.165) is 50.8 Å². The second-order valence-electron chi connectivity index (χ2n) is 15.4. The molecule has 1 aliphatic carbocycles. The lowest BCUT2D eigenvalue weighted by Gasteiger charge is -2.39. The van der Waals surface area contributed by atoms with Crippen LogP contribution < -0.4 is 20.7 Å². The average molecular weight is 597 g/mol. The van der Waals surface area contributed by atoms with Crippen molar-refractivity contribution in [2.24, 2.45) is 16.7 Å². The third-order valence-corrected chi connectivity index (χ3v) is 10.0. The summed E-state index contributed by atoms with van der Waals surface area (Å²) in [6, 6.07) is 4.35. The van der Waals surface area contributed by atoms with Crippen LogP contribution in [-0.2, 0) is 6.42 Å². The molecule has 7 nitrogen and oxygen atoms in total. The van der Waals surface area contributed by atoms with Crippen molar-refractivity contribution in [3.8, 4) is 5.75 Å². The van der Waals surface area contributed by atoms with Gasteiger partial charge in [0.05, 0.1) is 12.2 Å². The van der Waals surface area contributed by atoms with Crippen LogP contribution in [0, 0.1) is 16.7 Å². The summed E-state index contributed by atoms with van der Waals surface area (Å²) in [6.45, 7) is 13.3. The average Bonchev–Trinajstić information content (AvgIpc) is 3.39. The molecule has 43 heavy (non-hydrogen) atoms. The Labute approximate surface area is 261 Å². The molecule has 7 heteroatoms. The molecular formula is C36H60N4O3. The number of likely N-dealkylation sites (tertiary alicyclic amines) is 1. The summed E-state index contributed by atoms with van der Waals surface area (Å²) in [4.78, 5) is 30.5. The molecule has 4 rings (SSSR count). The Morgan fingerprint density at radius 3 is 2.35 bits per heavy atom. The predicted molar refractivity (Wildman–Crippen MR) is 176 cm³/mol. The number of hydrogen-bond acceptors (Lipinski definition) is 5. The third-order valence-electron chi connectivity index (χ3n) is 10.0. The van der Waals surface area contributed by atoms with Crippen LogP contribution in [0.4, 0.5) is 0 Å². The normalized spacial score (nSPS) is 24.0. The summed E-state index contributed by atoms with van der Waals surface area (Å²) in [6.07, 6.45) is 13.6. The minimum atomic E-state index is -0.123. The molecule has 1 saturated heterocycles. The minimum Gasteiger partial charge on any atom is -0.492 e. The second kappa shape index (κ2) is 14.8. The van der Waals surface area contributed by atoms with Crippen molar-refractivity contribution in [1.82, 2.24) is 20.9 Å². The van der Waals surface area contributed by atoms with E-state index in [9.17, 15) is 9.59 Å². The van der Waals surface area contributed by atoms with Gasteiger partial charge in [-0.05, 0) is 100 Å². The monoisotopic (exact) mass is 596 g/mol. The molecule has 1 unspecified atom stereocenters. The number of carbonyl (C=O) groups is 2. The first-order chi connectivity index (χ1) is 20.4. The van der Waals surface area contributed by atoms with Gasteiger partial charge in [0.15, 0.2) is 0 Å². The van der Waals surface area contributed by atoms with Gasteiger partial charge in [0.1, 0.15) is 5.75 Å². The molecule has 2 amide bonds. The van der Waals surface area contributed by atoms with Crippen molar-refractivity contribution in [3.05, 3.63) is 28.8 Å². The zero-order chi connectivity index (χ0) is 31.2. The first-order valence-corrected chi connectivity index (χ1v) is 17.2. The first-order valence-electron chi connectivity index (χ1n) is 17.2. The van der Waals surface area contributed by atoms with Crippen LogP contribution in [0.1, 0.15) is 132 Å². The molecule has 3 atom stereocenters. The van der Waals surface area contributed by atoms with Crippen LogP contribution in [0.15, 0.2) is 12.1 Å². The molecule has 2 fully saturated rings. The van der Waals surface area contributed by atoms with Gasteiger partial charge in [0, 0.05) is 36.8 Å². The summed E-state index contributed by atoms with van der Waals surface area (Å²) in [5, 5.41) is 9.77. The smallest absolute Gasteiger partial charge is 0.257 e. The Kier molecular flexibility index (Phi) is 11.6. The van der Waals surface area contributed by atoms with E-state index in [2.05, 4.69) is 55.5 Å². The number of benzene rings is 1. The molecule has 1 aromatic carbocycles. The second-order valence-corrected chi connectivity index (χ2v) is 15.4. The number of nitrogens with zero attached hydrogens (tertiary/aromatic N) is 1. The third kappa shape index (κ3) is 8.97. The number of nitrogens with one attached hydrogen (secondary N) is 3. The zero-order valence-electron chi connectivity index (χ0n) is 28.2. The van der Waals surface area contributed by atoms with Gasteiger partial charge in [-0.15, -0.1) is 0 Å². The van der Waals surface area contributed by atoms with Gasteiger partial charge in [-0.3, -0.25) is 9.59 Å². The van der Waals surface area contributed by atoms with E-state index in [0.29, 0.717) is 29.4 Å². The standard InChI is InChI=1S/C36H60N4O3/c1-25(18-29(38-7)22-37-6)39-33(41)27-19-28-21-35(2,3)23-36(4,5)24-43-32(28)30(20-27)34(42)40-17-13-16-31(40)26-14-11-9-8-10-12-15-26/h19-20,25-26,29,31,37-38H,8-18,21-24H2,1-7H3,(H,39,41)/t25-,29-,31?/m0/s1.